The van der Waals surface area contributed by atoms with Crippen LogP contribution in [0, 0.1) is 15.4 Å². The number of carboxylic acids is 4. The molecule has 7 amide bonds. The van der Waals surface area contributed by atoms with Crippen LogP contribution in [-0.4, -0.2) is 139 Å². The summed E-state index contributed by atoms with van der Waals surface area (Å²) in [7, 11) is 0. The molecule has 1 saturated carbocycles. The van der Waals surface area contributed by atoms with Gasteiger partial charge in [-0.15, -0.1) is 5.06 Å². The maximum absolute atomic E-state index is 13.2. The molecule has 0 radical (unpaired) electrons. The molecule has 3 rings (SSSR count). The Morgan fingerprint density at radius 3 is 1.72 bits per heavy atom. The number of imide groups is 1. The smallest absolute Gasteiger partial charge is 0.336 e. The zero-order valence-electron chi connectivity index (χ0n) is 34.6. The lowest BCUT2D eigenvalue weighted by Crippen LogP contribution is -2.47. The van der Waals surface area contributed by atoms with E-state index in [1.165, 1.54) is 0 Å². The van der Waals surface area contributed by atoms with E-state index in [9.17, 15) is 78.0 Å². The summed E-state index contributed by atoms with van der Waals surface area (Å²) >= 11 is 2.06. The van der Waals surface area contributed by atoms with E-state index in [2.05, 4.69) is 43.9 Å². The van der Waals surface area contributed by atoms with E-state index in [-0.39, 0.29) is 63.9 Å². The molecule has 2 aliphatic rings. The first-order valence-corrected chi connectivity index (χ1v) is 21.4. The number of aliphatic carboxylic acids is 4. The Morgan fingerprint density at radius 1 is 0.688 bits per heavy atom. The molecule has 0 unspecified atom stereocenters. The van der Waals surface area contributed by atoms with Gasteiger partial charge in [0.25, 0.3) is 17.7 Å². The van der Waals surface area contributed by atoms with E-state index in [4.69, 9.17) is 4.84 Å². The molecular weight excluding hydrogens is 963 g/mol. The van der Waals surface area contributed by atoms with Crippen molar-refractivity contribution >= 4 is 93.8 Å². The van der Waals surface area contributed by atoms with Gasteiger partial charge in [-0.1, -0.05) is 6.07 Å². The van der Waals surface area contributed by atoms with Crippen molar-refractivity contribution in [3.05, 3.63) is 33.4 Å². The molecule has 1 heterocycles. The maximum atomic E-state index is 13.2. The Balaban J connectivity index is 1.54. The van der Waals surface area contributed by atoms with Crippen LogP contribution in [0.5, 0.6) is 0 Å². The number of carbonyl (C=O) groups is 12. The van der Waals surface area contributed by atoms with Crippen molar-refractivity contribution < 1.29 is 82.8 Å². The van der Waals surface area contributed by atoms with Crippen molar-refractivity contribution in [1.29, 1.82) is 0 Å². The van der Waals surface area contributed by atoms with Crippen LogP contribution in [0.2, 0.25) is 0 Å². The molecule has 1 saturated heterocycles. The van der Waals surface area contributed by atoms with Crippen LogP contribution in [0.25, 0.3) is 0 Å². The first-order chi connectivity index (χ1) is 30.2. The molecule has 0 bridgehead atoms. The van der Waals surface area contributed by atoms with Crippen LogP contribution in [0.1, 0.15) is 100 Å². The molecule has 350 valence electrons. The van der Waals surface area contributed by atoms with Crippen LogP contribution in [-0.2, 0) is 57.6 Å². The second kappa shape index (κ2) is 25.8. The van der Waals surface area contributed by atoms with Gasteiger partial charge in [-0.3, -0.25) is 52.7 Å². The molecule has 1 aliphatic carbocycles. The number of unbranched alkanes of at least 4 members (excludes halogenated alkanes) is 1. The number of halogens is 1. The van der Waals surface area contributed by atoms with E-state index >= 15 is 0 Å². The third kappa shape index (κ3) is 18.6. The van der Waals surface area contributed by atoms with E-state index in [1.54, 1.807) is 18.2 Å². The molecule has 3 atom stereocenters. The highest BCUT2D eigenvalue weighted by Gasteiger charge is 2.38. The molecule has 8 N–H and O–H groups in total. The summed E-state index contributed by atoms with van der Waals surface area (Å²) in [5.41, 5.74) is 0.444. The number of amides is 7. The Bertz CT molecular complexity index is 1940. The summed E-state index contributed by atoms with van der Waals surface area (Å²) in [6.07, 6.45) is -3.35. The minimum atomic E-state index is -1.46. The Kier molecular flexibility index (Phi) is 21.0. The fourth-order valence-corrected chi connectivity index (χ4v) is 7.61. The number of carbonyl (C=O) groups excluding carboxylic acids is 8. The van der Waals surface area contributed by atoms with Crippen molar-refractivity contribution in [1.82, 2.24) is 31.2 Å². The summed E-state index contributed by atoms with van der Waals surface area (Å²) in [6.45, 7) is -0.625. The monoisotopic (exact) mass is 1010 g/mol. The van der Waals surface area contributed by atoms with Crippen molar-refractivity contribution in [2.75, 3.05) is 19.6 Å². The first-order valence-electron chi connectivity index (χ1n) is 20.4. The number of carboxylic acid groups (broad SMARTS) is 4. The quantitative estimate of drug-likeness (QED) is 0.0348. The standard InChI is InChI=1S/C40H51IN6O17/c41-25-5-3-4-24(14-25)38(61)42-12-1-2-13-46(21-37(59)60)33(52)17-28(20-36(57)58)44-29(48)15-26(18-34(53)54)43-30(49)16-27(19-35(55)56)45-39(62)22-6-8-23(9-7-22)40(63)64-47-31(50)10-11-32(47)51/h3-5,14,22-23,26-28H,1-2,6-13,15-21H2,(H,42,61)(H,43,49)(H,44,48)(H,45,62)(H,53,54)(H,55,56)(H,57,58)(H,59,60)/t22?,23?,26-,27-,28-/m1/s1. The largest absolute Gasteiger partial charge is 0.481 e. The average molecular weight is 1010 g/mol. The highest BCUT2D eigenvalue weighted by atomic mass is 127. The van der Waals surface area contributed by atoms with E-state index in [1.807, 2.05) is 6.07 Å². The van der Waals surface area contributed by atoms with Crippen LogP contribution in [0.3, 0.4) is 0 Å². The van der Waals surface area contributed by atoms with Crippen LogP contribution in [0.15, 0.2) is 24.3 Å². The lowest BCUT2D eigenvalue weighted by molar-refractivity contribution is -0.201. The summed E-state index contributed by atoms with van der Waals surface area (Å²) in [6, 6.07) is 2.76. The summed E-state index contributed by atoms with van der Waals surface area (Å²) in [5, 5.41) is 48.2. The fourth-order valence-electron chi connectivity index (χ4n) is 7.06. The molecule has 0 spiro atoms. The number of hydroxylamine groups is 2. The molecule has 1 aromatic carbocycles. The van der Waals surface area contributed by atoms with Crippen molar-refractivity contribution in [3.63, 3.8) is 0 Å². The third-order valence-electron chi connectivity index (χ3n) is 10.1. The van der Waals surface area contributed by atoms with Gasteiger partial charge in [-0.05, 0) is 79.3 Å². The predicted molar refractivity (Wildman–Crippen MR) is 224 cm³/mol. The first kappa shape index (κ1) is 52.1. The minimum Gasteiger partial charge on any atom is -0.481 e. The van der Waals surface area contributed by atoms with Gasteiger partial charge in [-0.25, -0.2) is 4.79 Å². The van der Waals surface area contributed by atoms with Gasteiger partial charge in [0.1, 0.15) is 6.54 Å². The van der Waals surface area contributed by atoms with Gasteiger partial charge in [0.05, 0.1) is 25.2 Å². The van der Waals surface area contributed by atoms with Crippen LogP contribution in [0.4, 0.5) is 0 Å². The minimum absolute atomic E-state index is 0.0798. The van der Waals surface area contributed by atoms with Gasteiger partial charge in [0, 0.05) is 78.4 Å². The Hall–Kier alpha value is -6.21. The number of nitrogens with zero attached hydrogens (tertiary/aromatic N) is 2. The van der Waals surface area contributed by atoms with Gasteiger partial charge in [0.15, 0.2) is 0 Å². The highest BCUT2D eigenvalue weighted by Crippen LogP contribution is 2.31. The number of hydrogen-bond acceptors (Lipinski definition) is 13. The third-order valence-corrected chi connectivity index (χ3v) is 10.8. The molecule has 0 aromatic heterocycles. The summed E-state index contributed by atoms with van der Waals surface area (Å²) in [5.74, 6) is -12.8. The number of rotatable bonds is 26. The number of nitrogens with one attached hydrogen (secondary N) is 4. The zero-order valence-corrected chi connectivity index (χ0v) is 36.7. The van der Waals surface area contributed by atoms with Gasteiger partial charge >= 0.3 is 29.8 Å². The summed E-state index contributed by atoms with van der Waals surface area (Å²) in [4.78, 5) is 154. The van der Waals surface area contributed by atoms with Crippen molar-refractivity contribution in [3.8, 4) is 0 Å². The molecule has 23 nitrogen and oxygen atoms in total. The maximum Gasteiger partial charge on any atom is 0.336 e. The van der Waals surface area contributed by atoms with Crippen molar-refractivity contribution in [2.24, 2.45) is 11.8 Å². The normalized spacial score (nSPS) is 17.2. The topological polar surface area (TPSA) is 350 Å². The van der Waals surface area contributed by atoms with Crippen molar-refractivity contribution in [2.45, 2.75) is 108 Å². The van der Waals surface area contributed by atoms with E-state index in [0.717, 1.165) is 8.47 Å². The fraction of sp³-hybridized carbons (Fsp3) is 0.550. The van der Waals surface area contributed by atoms with Gasteiger partial charge < -0.3 is 51.4 Å². The Labute approximate surface area is 379 Å². The number of benzene rings is 1. The van der Waals surface area contributed by atoms with E-state index < -0.39 is 140 Å². The highest BCUT2D eigenvalue weighted by molar-refractivity contribution is 14.1. The average Bonchev–Trinajstić information content (AvgIpc) is 3.51. The molecular formula is C40H51IN6O17. The van der Waals surface area contributed by atoms with E-state index in [0.29, 0.717) is 17.0 Å². The van der Waals surface area contributed by atoms with Crippen LogP contribution >= 0.6 is 22.6 Å². The second-order valence-electron chi connectivity index (χ2n) is 15.4. The molecule has 64 heavy (non-hydrogen) atoms. The molecule has 1 aromatic rings. The second-order valence-corrected chi connectivity index (χ2v) is 16.6. The van der Waals surface area contributed by atoms with Crippen LogP contribution < -0.4 is 21.3 Å². The van der Waals surface area contributed by atoms with Gasteiger partial charge in [0.2, 0.25) is 23.6 Å². The molecule has 2 fully saturated rings. The predicted octanol–water partition coefficient (Wildman–Crippen LogP) is 0.177. The number of hydrogen-bond donors (Lipinski definition) is 8. The summed E-state index contributed by atoms with van der Waals surface area (Å²) < 4.78 is 0.859. The lowest BCUT2D eigenvalue weighted by Gasteiger charge is -2.28. The van der Waals surface area contributed by atoms with Gasteiger partial charge in [-0.2, -0.15) is 0 Å². The molecule has 24 heteroatoms. The zero-order chi connectivity index (χ0) is 47.5. The Morgan fingerprint density at radius 2 is 1.20 bits per heavy atom. The lowest BCUT2D eigenvalue weighted by atomic mass is 9.81. The SMILES string of the molecule is O=C(O)C[C@@H](CC(=O)N[C@@H](CC(=O)O)CC(=O)N(CCCCNC(=O)c1cccc(I)c1)CC(=O)O)NC(=O)C[C@H](CC(=O)O)NC(=O)C1CCC(C(=O)ON2C(=O)CCC2=O)CC1. The molecule has 1 aliphatic heterocycles.